The Morgan fingerprint density at radius 1 is 0.816 bits per heavy atom. The summed E-state index contributed by atoms with van der Waals surface area (Å²) >= 11 is 6.17. The maximum Gasteiger partial charge on any atom is 0.274 e. The number of amides is 1. The van der Waals surface area contributed by atoms with Crippen LogP contribution < -0.4 is 10.5 Å². The third-order valence-corrected chi connectivity index (χ3v) is 7.14. The summed E-state index contributed by atoms with van der Waals surface area (Å²) in [7, 11) is -3.86. The van der Waals surface area contributed by atoms with Crippen molar-refractivity contribution in [2.45, 2.75) is 11.4 Å². The van der Waals surface area contributed by atoms with Gasteiger partial charge in [-0.25, -0.2) is 13.6 Å². The molecule has 0 aliphatic carbocycles. The standard InChI is InChI=1S/C29H23ClN4O3S/c30-23-15-11-21(12-16-23)26-27(22-13-17-25(18-14-22)38(31,36)37)33-34(19-20-7-3-1-4-8-20)28(26)29(35)32-24-9-5-2-6-10-24/h1-18H,19H2,(H,32,35)(H2,31,36,37). The van der Waals surface area contributed by atoms with E-state index < -0.39 is 10.0 Å². The zero-order valence-corrected chi connectivity index (χ0v) is 21.7. The van der Waals surface area contributed by atoms with Crippen LogP contribution >= 0.6 is 11.6 Å². The Labute approximate surface area is 225 Å². The second-order valence-electron chi connectivity index (χ2n) is 8.61. The van der Waals surface area contributed by atoms with Crippen LogP contribution in [0.4, 0.5) is 5.69 Å². The SMILES string of the molecule is NS(=O)(=O)c1ccc(-c2nn(Cc3ccccc3)c(C(=O)Nc3ccccc3)c2-c2ccc(Cl)cc2)cc1. The predicted octanol–water partition coefficient (Wildman–Crippen LogP) is 5.82. The lowest BCUT2D eigenvalue weighted by Crippen LogP contribution is -2.19. The van der Waals surface area contributed by atoms with Crippen molar-refractivity contribution in [3.63, 3.8) is 0 Å². The predicted molar refractivity (Wildman–Crippen MR) is 149 cm³/mol. The van der Waals surface area contributed by atoms with Gasteiger partial charge in [0, 0.05) is 21.8 Å². The smallest absolute Gasteiger partial charge is 0.274 e. The van der Waals surface area contributed by atoms with Gasteiger partial charge in [-0.05, 0) is 47.5 Å². The number of halogens is 1. The molecule has 0 atom stereocenters. The van der Waals surface area contributed by atoms with Crippen LogP contribution in [-0.2, 0) is 16.6 Å². The largest absolute Gasteiger partial charge is 0.321 e. The number of benzene rings is 4. The number of sulfonamides is 1. The highest BCUT2D eigenvalue weighted by atomic mass is 35.5. The van der Waals surface area contributed by atoms with Gasteiger partial charge in [0.15, 0.2) is 0 Å². The molecule has 9 heteroatoms. The molecule has 7 nitrogen and oxygen atoms in total. The Kier molecular flexibility index (Phi) is 7.11. The molecule has 38 heavy (non-hydrogen) atoms. The van der Waals surface area contributed by atoms with E-state index in [1.807, 2.05) is 72.8 Å². The summed E-state index contributed by atoms with van der Waals surface area (Å²) in [4.78, 5) is 13.8. The quantitative estimate of drug-likeness (QED) is 0.270. The van der Waals surface area contributed by atoms with E-state index in [0.717, 1.165) is 11.1 Å². The van der Waals surface area contributed by atoms with E-state index in [0.29, 0.717) is 39.8 Å². The van der Waals surface area contributed by atoms with Gasteiger partial charge >= 0.3 is 0 Å². The Balaban J connectivity index is 1.72. The minimum Gasteiger partial charge on any atom is -0.321 e. The molecule has 4 aromatic carbocycles. The first-order valence-corrected chi connectivity index (χ1v) is 13.6. The van der Waals surface area contributed by atoms with E-state index in [4.69, 9.17) is 21.8 Å². The second-order valence-corrected chi connectivity index (χ2v) is 10.6. The van der Waals surface area contributed by atoms with Crippen LogP contribution in [0.1, 0.15) is 16.1 Å². The summed E-state index contributed by atoms with van der Waals surface area (Å²) in [5.41, 5.74) is 4.43. The van der Waals surface area contributed by atoms with Gasteiger partial charge in [-0.3, -0.25) is 9.48 Å². The molecule has 1 aromatic heterocycles. The van der Waals surface area contributed by atoms with Crippen molar-refractivity contribution >= 4 is 33.2 Å². The molecule has 0 spiro atoms. The molecule has 1 amide bonds. The van der Waals surface area contributed by atoms with Crippen LogP contribution in [0.15, 0.2) is 114 Å². The fourth-order valence-electron chi connectivity index (χ4n) is 4.17. The van der Waals surface area contributed by atoms with E-state index in [9.17, 15) is 13.2 Å². The van der Waals surface area contributed by atoms with Gasteiger partial charge < -0.3 is 5.32 Å². The fraction of sp³-hybridized carbons (Fsp3) is 0.0345. The molecule has 3 N–H and O–H groups in total. The highest BCUT2D eigenvalue weighted by Crippen LogP contribution is 2.36. The summed E-state index contributed by atoms with van der Waals surface area (Å²) in [5, 5.41) is 13.7. The first-order valence-electron chi connectivity index (χ1n) is 11.7. The topological polar surface area (TPSA) is 107 Å². The average molecular weight is 543 g/mol. The Morgan fingerprint density at radius 3 is 2.00 bits per heavy atom. The number of rotatable bonds is 7. The van der Waals surface area contributed by atoms with Gasteiger partial charge in [-0.15, -0.1) is 0 Å². The van der Waals surface area contributed by atoms with Crippen LogP contribution in [0.2, 0.25) is 5.02 Å². The van der Waals surface area contributed by atoms with E-state index in [-0.39, 0.29) is 10.8 Å². The Hall–Kier alpha value is -4.24. The minimum absolute atomic E-state index is 0.0138. The molecule has 0 saturated heterocycles. The maximum atomic E-state index is 13.8. The van der Waals surface area contributed by atoms with Crippen LogP contribution in [0.3, 0.4) is 0 Å². The van der Waals surface area contributed by atoms with Crippen molar-refractivity contribution in [3.8, 4) is 22.4 Å². The van der Waals surface area contributed by atoms with Crippen molar-refractivity contribution in [1.29, 1.82) is 0 Å². The number of nitrogens with two attached hydrogens (primary N) is 1. The van der Waals surface area contributed by atoms with E-state index in [1.165, 1.54) is 12.1 Å². The molecule has 5 rings (SSSR count). The summed E-state index contributed by atoms with van der Waals surface area (Å²) < 4.78 is 25.3. The number of nitrogens with one attached hydrogen (secondary N) is 1. The van der Waals surface area contributed by atoms with Crippen molar-refractivity contribution in [3.05, 3.63) is 125 Å². The average Bonchev–Trinajstić information content (AvgIpc) is 3.29. The molecule has 190 valence electrons. The van der Waals surface area contributed by atoms with Crippen molar-refractivity contribution in [2.24, 2.45) is 5.14 Å². The number of anilines is 1. The lowest BCUT2D eigenvalue weighted by molar-refractivity contribution is 0.101. The normalized spacial score (nSPS) is 11.3. The molecule has 0 radical (unpaired) electrons. The molecule has 0 aliphatic rings. The van der Waals surface area contributed by atoms with Crippen LogP contribution in [0, 0.1) is 0 Å². The number of hydrogen-bond donors (Lipinski definition) is 2. The molecule has 0 saturated carbocycles. The van der Waals surface area contributed by atoms with Gasteiger partial charge in [0.25, 0.3) is 5.91 Å². The Morgan fingerprint density at radius 2 is 1.39 bits per heavy atom. The first-order chi connectivity index (χ1) is 18.3. The van der Waals surface area contributed by atoms with Gasteiger partial charge in [0.1, 0.15) is 11.4 Å². The summed E-state index contributed by atoms with van der Waals surface area (Å²) in [6, 6.07) is 32.1. The summed E-state index contributed by atoms with van der Waals surface area (Å²) in [6.45, 7) is 0.342. The van der Waals surface area contributed by atoms with Crippen LogP contribution in [0.25, 0.3) is 22.4 Å². The number of aromatic nitrogens is 2. The number of para-hydroxylation sites is 1. The van der Waals surface area contributed by atoms with Crippen molar-refractivity contribution in [2.75, 3.05) is 5.32 Å². The van der Waals surface area contributed by atoms with Crippen LogP contribution in [-0.4, -0.2) is 24.1 Å². The van der Waals surface area contributed by atoms with E-state index in [1.54, 1.807) is 28.9 Å². The molecule has 0 bridgehead atoms. The Bertz CT molecular complexity index is 1690. The van der Waals surface area contributed by atoms with Gasteiger partial charge in [-0.2, -0.15) is 5.10 Å². The maximum absolute atomic E-state index is 13.8. The summed E-state index contributed by atoms with van der Waals surface area (Å²) in [6.07, 6.45) is 0. The van der Waals surface area contributed by atoms with Crippen LogP contribution in [0.5, 0.6) is 0 Å². The molecule has 0 unspecified atom stereocenters. The van der Waals surface area contributed by atoms with Gasteiger partial charge in [0.05, 0.1) is 11.4 Å². The third-order valence-electron chi connectivity index (χ3n) is 5.96. The van der Waals surface area contributed by atoms with E-state index >= 15 is 0 Å². The lowest BCUT2D eigenvalue weighted by Gasteiger charge is -2.11. The van der Waals surface area contributed by atoms with Gasteiger partial charge in [0.2, 0.25) is 10.0 Å². The molecule has 1 heterocycles. The fourth-order valence-corrected chi connectivity index (χ4v) is 4.81. The third kappa shape index (κ3) is 5.52. The zero-order chi connectivity index (χ0) is 26.7. The number of nitrogens with zero attached hydrogens (tertiary/aromatic N) is 2. The zero-order valence-electron chi connectivity index (χ0n) is 20.1. The van der Waals surface area contributed by atoms with E-state index in [2.05, 4.69) is 5.32 Å². The van der Waals surface area contributed by atoms with Crippen molar-refractivity contribution in [1.82, 2.24) is 9.78 Å². The van der Waals surface area contributed by atoms with Gasteiger partial charge in [-0.1, -0.05) is 84.4 Å². The lowest BCUT2D eigenvalue weighted by atomic mass is 9.98. The molecule has 0 fully saturated rings. The second kappa shape index (κ2) is 10.6. The number of hydrogen-bond acceptors (Lipinski definition) is 4. The molecule has 5 aromatic rings. The number of carbonyl (C=O) groups excluding carboxylic acids is 1. The molecular formula is C29H23ClN4O3S. The highest BCUT2D eigenvalue weighted by Gasteiger charge is 2.26. The monoisotopic (exact) mass is 542 g/mol. The summed E-state index contributed by atoms with van der Waals surface area (Å²) in [5.74, 6) is -0.336. The molecular weight excluding hydrogens is 520 g/mol. The highest BCUT2D eigenvalue weighted by molar-refractivity contribution is 7.89. The number of carbonyl (C=O) groups is 1. The molecule has 0 aliphatic heterocycles. The minimum atomic E-state index is -3.86. The number of primary sulfonamides is 1. The van der Waals surface area contributed by atoms with Crippen molar-refractivity contribution < 1.29 is 13.2 Å². The first kappa shape index (κ1) is 25.4.